The van der Waals surface area contributed by atoms with Crippen molar-refractivity contribution in [3.63, 3.8) is 0 Å². The minimum absolute atomic E-state index is 0.236. The molecule has 0 radical (unpaired) electrons. The van der Waals surface area contributed by atoms with Crippen molar-refractivity contribution in [1.82, 2.24) is 0 Å². The van der Waals surface area contributed by atoms with E-state index in [4.69, 9.17) is 0 Å². The SMILES string of the molecule is CCc1ccc(NC(=O)Nc2ccc(Br)cc2C)cc1. The molecule has 0 bridgehead atoms. The third kappa shape index (κ3) is 3.84. The molecule has 0 saturated carbocycles. The number of carbonyl (C=O) groups excluding carboxylic acids is 1. The van der Waals surface area contributed by atoms with Crippen molar-refractivity contribution >= 4 is 33.3 Å². The molecule has 0 atom stereocenters. The zero-order valence-corrected chi connectivity index (χ0v) is 13.1. The zero-order valence-electron chi connectivity index (χ0n) is 11.5. The summed E-state index contributed by atoms with van der Waals surface area (Å²) >= 11 is 3.40. The number of hydrogen-bond donors (Lipinski definition) is 2. The van der Waals surface area contributed by atoms with Gasteiger partial charge in [-0.3, -0.25) is 0 Å². The quantitative estimate of drug-likeness (QED) is 0.819. The maximum Gasteiger partial charge on any atom is 0.323 e. The Morgan fingerprint density at radius 1 is 1.10 bits per heavy atom. The van der Waals surface area contributed by atoms with Crippen LogP contribution in [0.5, 0.6) is 0 Å². The second-order valence-corrected chi connectivity index (χ2v) is 5.50. The number of rotatable bonds is 3. The Hall–Kier alpha value is -1.81. The number of urea groups is 1. The van der Waals surface area contributed by atoms with Crippen LogP contribution in [0.3, 0.4) is 0 Å². The van der Waals surface area contributed by atoms with Gasteiger partial charge in [-0.05, 0) is 54.8 Å². The summed E-state index contributed by atoms with van der Waals surface area (Å²) in [4.78, 5) is 11.9. The van der Waals surface area contributed by atoms with Crippen LogP contribution in [0.4, 0.5) is 16.2 Å². The molecule has 2 aromatic carbocycles. The number of carbonyl (C=O) groups is 1. The molecule has 20 heavy (non-hydrogen) atoms. The molecule has 2 aromatic rings. The molecule has 0 heterocycles. The van der Waals surface area contributed by atoms with Crippen LogP contribution in [0, 0.1) is 6.92 Å². The minimum atomic E-state index is -0.236. The zero-order chi connectivity index (χ0) is 14.5. The highest BCUT2D eigenvalue weighted by molar-refractivity contribution is 9.10. The molecular weight excluding hydrogens is 316 g/mol. The van der Waals surface area contributed by atoms with Gasteiger partial charge in [0.05, 0.1) is 0 Å². The van der Waals surface area contributed by atoms with E-state index < -0.39 is 0 Å². The Bertz CT molecular complexity index is 608. The predicted molar refractivity (Wildman–Crippen MR) is 87.3 cm³/mol. The van der Waals surface area contributed by atoms with E-state index in [1.165, 1.54) is 5.56 Å². The van der Waals surface area contributed by atoms with E-state index in [9.17, 15) is 4.79 Å². The maximum absolute atomic E-state index is 11.9. The Balaban J connectivity index is 2.01. The van der Waals surface area contributed by atoms with Gasteiger partial charge in [-0.1, -0.05) is 35.0 Å². The molecule has 0 saturated heterocycles. The monoisotopic (exact) mass is 332 g/mol. The minimum Gasteiger partial charge on any atom is -0.308 e. The fourth-order valence-corrected chi connectivity index (χ4v) is 2.35. The predicted octanol–water partition coefficient (Wildman–Crippen LogP) is 4.96. The maximum atomic E-state index is 11.9. The average molecular weight is 333 g/mol. The summed E-state index contributed by atoms with van der Waals surface area (Å²) < 4.78 is 0.996. The van der Waals surface area contributed by atoms with Gasteiger partial charge in [0.15, 0.2) is 0 Å². The largest absolute Gasteiger partial charge is 0.323 e. The van der Waals surface area contributed by atoms with Crippen molar-refractivity contribution in [2.45, 2.75) is 20.3 Å². The molecule has 0 aliphatic heterocycles. The van der Waals surface area contributed by atoms with E-state index >= 15 is 0 Å². The molecule has 0 unspecified atom stereocenters. The number of halogens is 1. The smallest absolute Gasteiger partial charge is 0.308 e. The van der Waals surface area contributed by atoms with E-state index in [1.807, 2.05) is 49.4 Å². The van der Waals surface area contributed by atoms with E-state index in [-0.39, 0.29) is 6.03 Å². The molecular formula is C16H17BrN2O. The van der Waals surface area contributed by atoms with Gasteiger partial charge >= 0.3 is 6.03 Å². The lowest BCUT2D eigenvalue weighted by Gasteiger charge is -2.10. The van der Waals surface area contributed by atoms with Crippen molar-refractivity contribution in [3.05, 3.63) is 58.1 Å². The van der Waals surface area contributed by atoms with E-state index in [2.05, 4.69) is 33.5 Å². The third-order valence-corrected chi connectivity index (χ3v) is 3.55. The normalized spacial score (nSPS) is 10.2. The van der Waals surface area contributed by atoms with Gasteiger partial charge in [-0.2, -0.15) is 0 Å². The van der Waals surface area contributed by atoms with Crippen LogP contribution in [0.1, 0.15) is 18.1 Å². The van der Waals surface area contributed by atoms with Gasteiger partial charge in [0.25, 0.3) is 0 Å². The lowest BCUT2D eigenvalue weighted by atomic mass is 10.1. The van der Waals surface area contributed by atoms with E-state index in [0.29, 0.717) is 0 Å². The van der Waals surface area contributed by atoms with E-state index in [0.717, 1.165) is 27.8 Å². The first kappa shape index (κ1) is 14.6. The van der Waals surface area contributed by atoms with Crippen LogP contribution in [-0.2, 0) is 6.42 Å². The van der Waals surface area contributed by atoms with Crippen LogP contribution in [0.25, 0.3) is 0 Å². The van der Waals surface area contributed by atoms with Crippen LogP contribution in [0.2, 0.25) is 0 Å². The molecule has 0 spiro atoms. The van der Waals surface area contributed by atoms with Crippen molar-refractivity contribution in [3.8, 4) is 0 Å². The fourth-order valence-electron chi connectivity index (χ4n) is 1.88. The molecule has 3 nitrogen and oxygen atoms in total. The summed E-state index contributed by atoms with van der Waals surface area (Å²) in [6.45, 7) is 4.06. The number of hydrogen-bond acceptors (Lipinski definition) is 1. The molecule has 2 amide bonds. The summed E-state index contributed by atoms with van der Waals surface area (Å²) in [7, 11) is 0. The molecule has 2 N–H and O–H groups in total. The Kier molecular flexibility index (Phi) is 4.79. The molecule has 0 aliphatic rings. The van der Waals surface area contributed by atoms with Crippen molar-refractivity contribution in [2.24, 2.45) is 0 Å². The topological polar surface area (TPSA) is 41.1 Å². The molecule has 0 aromatic heterocycles. The summed E-state index contributed by atoms with van der Waals surface area (Å²) in [6, 6.07) is 13.4. The summed E-state index contributed by atoms with van der Waals surface area (Å²) in [6.07, 6.45) is 0.991. The van der Waals surface area contributed by atoms with Gasteiger partial charge in [0.2, 0.25) is 0 Å². The number of nitrogens with one attached hydrogen (secondary N) is 2. The highest BCUT2D eigenvalue weighted by Crippen LogP contribution is 2.20. The second-order valence-electron chi connectivity index (χ2n) is 4.59. The average Bonchev–Trinajstić information content (AvgIpc) is 2.43. The van der Waals surface area contributed by atoms with Crippen molar-refractivity contribution in [2.75, 3.05) is 10.6 Å². The lowest BCUT2D eigenvalue weighted by molar-refractivity contribution is 0.262. The lowest BCUT2D eigenvalue weighted by Crippen LogP contribution is -2.19. The van der Waals surface area contributed by atoms with Crippen LogP contribution >= 0.6 is 15.9 Å². The number of amides is 2. The molecule has 0 aliphatic carbocycles. The Morgan fingerprint density at radius 3 is 2.40 bits per heavy atom. The van der Waals surface area contributed by atoms with Crippen LogP contribution in [-0.4, -0.2) is 6.03 Å². The highest BCUT2D eigenvalue weighted by Gasteiger charge is 2.05. The molecule has 0 fully saturated rings. The van der Waals surface area contributed by atoms with Gasteiger partial charge < -0.3 is 10.6 Å². The standard InChI is InChI=1S/C16H17BrN2O/c1-3-12-4-7-14(8-5-12)18-16(20)19-15-9-6-13(17)10-11(15)2/h4-10H,3H2,1-2H3,(H2,18,19,20). The fraction of sp³-hybridized carbons (Fsp3) is 0.188. The first-order valence-electron chi connectivity index (χ1n) is 6.51. The first-order valence-corrected chi connectivity index (χ1v) is 7.31. The molecule has 2 rings (SSSR count). The second kappa shape index (κ2) is 6.57. The van der Waals surface area contributed by atoms with Crippen LogP contribution < -0.4 is 10.6 Å². The molecule has 4 heteroatoms. The van der Waals surface area contributed by atoms with Gasteiger partial charge in [-0.25, -0.2) is 4.79 Å². The summed E-state index contributed by atoms with van der Waals surface area (Å²) in [5, 5.41) is 5.67. The van der Waals surface area contributed by atoms with Crippen molar-refractivity contribution < 1.29 is 4.79 Å². The van der Waals surface area contributed by atoms with Crippen molar-refractivity contribution in [1.29, 1.82) is 0 Å². The highest BCUT2D eigenvalue weighted by atomic mass is 79.9. The summed E-state index contributed by atoms with van der Waals surface area (Å²) in [5.74, 6) is 0. The van der Waals surface area contributed by atoms with E-state index in [1.54, 1.807) is 0 Å². The van der Waals surface area contributed by atoms with Gasteiger partial charge in [0.1, 0.15) is 0 Å². The summed E-state index contributed by atoms with van der Waals surface area (Å²) in [5.41, 5.74) is 3.85. The number of benzene rings is 2. The van der Waals surface area contributed by atoms with Crippen LogP contribution in [0.15, 0.2) is 46.9 Å². The Morgan fingerprint density at radius 2 is 1.80 bits per heavy atom. The van der Waals surface area contributed by atoms with Gasteiger partial charge in [-0.15, -0.1) is 0 Å². The first-order chi connectivity index (χ1) is 9.58. The van der Waals surface area contributed by atoms with Gasteiger partial charge in [0, 0.05) is 15.8 Å². The number of anilines is 2. The third-order valence-electron chi connectivity index (χ3n) is 3.06. The number of aryl methyl sites for hydroxylation is 2. The molecule has 104 valence electrons. The Labute approximate surface area is 127 Å².